The second-order valence-corrected chi connectivity index (χ2v) is 7.45. The van der Waals surface area contributed by atoms with Gasteiger partial charge < -0.3 is 15.4 Å². The molecule has 1 fully saturated rings. The third-order valence-corrected chi connectivity index (χ3v) is 4.23. The van der Waals surface area contributed by atoms with Crippen LogP contribution in [0, 0.1) is 0 Å². The van der Waals surface area contributed by atoms with Gasteiger partial charge in [-0.3, -0.25) is 4.90 Å². The lowest BCUT2D eigenvalue weighted by atomic mass is 10.2. The average molecular weight is 370 g/mol. The van der Waals surface area contributed by atoms with Crippen LogP contribution in [0.25, 0.3) is 0 Å². The highest BCUT2D eigenvalue weighted by atomic mass is 79.9. The summed E-state index contributed by atoms with van der Waals surface area (Å²) in [6.45, 7) is 9.59. The molecular formula is C16H24BrN3O2. The van der Waals surface area contributed by atoms with Crippen molar-refractivity contribution in [2.75, 3.05) is 31.9 Å². The minimum atomic E-state index is -0.441. The van der Waals surface area contributed by atoms with Gasteiger partial charge in [-0.1, -0.05) is 22.0 Å². The number of carbonyl (C=O) groups is 1. The molecule has 0 radical (unpaired) electrons. The third kappa shape index (κ3) is 4.88. The molecule has 6 heteroatoms. The third-order valence-electron chi connectivity index (χ3n) is 3.50. The lowest BCUT2D eigenvalue weighted by Crippen LogP contribution is -2.49. The number of nitrogens with two attached hydrogens (primary N) is 1. The highest BCUT2D eigenvalue weighted by Gasteiger charge is 2.25. The van der Waals surface area contributed by atoms with Crippen molar-refractivity contribution < 1.29 is 9.53 Å². The first-order valence-corrected chi connectivity index (χ1v) is 8.28. The maximum atomic E-state index is 12.0. The molecule has 1 aromatic rings. The van der Waals surface area contributed by atoms with E-state index >= 15 is 0 Å². The molecule has 0 spiro atoms. The number of hydrogen-bond donors (Lipinski definition) is 1. The van der Waals surface area contributed by atoms with Gasteiger partial charge in [-0.05, 0) is 38.5 Å². The highest BCUT2D eigenvalue weighted by molar-refractivity contribution is 9.10. The fourth-order valence-electron chi connectivity index (χ4n) is 2.35. The fraction of sp³-hybridized carbons (Fsp3) is 0.562. The molecule has 2 rings (SSSR count). The molecule has 0 saturated carbocycles. The Bertz CT molecular complexity index is 535. The molecule has 22 heavy (non-hydrogen) atoms. The monoisotopic (exact) mass is 369 g/mol. The van der Waals surface area contributed by atoms with Crippen LogP contribution < -0.4 is 5.73 Å². The zero-order valence-corrected chi connectivity index (χ0v) is 15.0. The topological polar surface area (TPSA) is 58.8 Å². The number of rotatable bonds is 2. The van der Waals surface area contributed by atoms with E-state index in [0.717, 1.165) is 29.8 Å². The number of halogens is 1. The van der Waals surface area contributed by atoms with Crippen molar-refractivity contribution in [2.45, 2.75) is 32.9 Å². The zero-order chi connectivity index (χ0) is 16.3. The first-order chi connectivity index (χ1) is 10.2. The van der Waals surface area contributed by atoms with E-state index < -0.39 is 5.60 Å². The predicted molar refractivity (Wildman–Crippen MR) is 91.6 cm³/mol. The summed E-state index contributed by atoms with van der Waals surface area (Å²) in [5.41, 5.74) is 7.28. The number of nitrogen functional groups attached to an aromatic ring is 1. The lowest BCUT2D eigenvalue weighted by Gasteiger charge is -2.35. The Balaban J connectivity index is 1.86. The van der Waals surface area contributed by atoms with Crippen LogP contribution >= 0.6 is 15.9 Å². The Morgan fingerprint density at radius 2 is 1.91 bits per heavy atom. The molecule has 1 heterocycles. The highest BCUT2D eigenvalue weighted by Crippen LogP contribution is 2.22. The molecule has 1 saturated heterocycles. The Kier molecular flexibility index (Phi) is 5.34. The Labute approximate surface area is 140 Å². The van der Waals surface area contributed by atoms with Gasteiger partial charge in [-0.15, -0.1) is 0 Å². The van der Waals surface area contributed by atoms with Gasteiger partial charge in [0.2, 0.25) is 0 Å². The number of piperazine rings is 1. The van der Waals surface area contributed by atoms with Crippen LogP contribution in [0.5, 0.6) is 0 Å². The van der Waals surface area contributed by atoms with Crippen LogP contribution in [-0.4, -0.2) is 47.7 Å². The SMILES string of the molecule is CC(C)(C)OC(=O)N1CCN(Cc2ccc(N)cc2Br)CC1. The van der Waals surface area contributed by atoms with Crippen molar-refractivity contribution in [3.05, 3.63) is 28.2 Å². The van der Waals surface area contributed by atoms with Gasteiger partial charge in [-0.25, -0.2) is 4.79 Å². The van der Waals surface area contributed by atoms with E-state index in [1.807, 2.05) is 39.0 Å². The molecule has 0 unspecified atom stereocenters. The smallest absolute Gasteiger partial charge is 0.410 e. The van der Waals surface area contributed by atoms with Crippen LogP contribution in [-0.2, 0) is 11.3 Å². The number of amides is 1. The number of carbonyl (C=O) groups excluding carboxylic acids is 1. The Hall–Kier alpha value is -1.27. The largest absolute Gasteiger partial charge is 0.444 e. The van der Waals surface area contributed by atoms with Crippen LogP contribution in [0.2, 0.25) is 0 Å². The van der Waals surface area contributed by atoms with E-state index in [0.29, 0.717) is 13.1 Å². The zero-order valence-electron chi connectivity index (χ0n) is 13.4. The van der Waals surface area contributed by atoms with Gasteiger partial charge in [0.1, 0.15) is 5.60 Å². The summed E-state index contributed by atoms with van der Waals surface area (Å²) in [6, 6.07) is 5.88. The molecule has 1 aromatic carbocycles. The number of hydrogen-bond acceptors (Lipinski definition) is 4. The lowest BCUT2D eigenvalue weighted by molar-refractivity contribution is 0.0139. The van der Waals surface area contributed by atoms with Crippen molar-refractivity contribution in [1.82, 2.24) is 9.80 Å². The standard InChI is InChI=1S/C16H24BrN3O2/c1-16(2,3)22-15(21)20-8-6-19(7-9-20)11-12-4-5-13(18)10-14(12)17/h4-5,10H,6-9,11,18H2,1-3H3. The minimum Gasteiger partial charge on any atom is -0.444 e. The van der Waals surface area contributed by atoms with E-state index in [2.05, 4.69) is 20.8 Å². The molecule has 2 N–H and O–H groups in total. The van der Waals surface area contributed by atoms with E-state index in [-0.39, 0.29) is 6.09 Å². The molecule has 1 aliphatic rings. The van der Waals surface area contributed by atoms with Gasteiger partial charge in [0.05, 0.1) is 0 Å². The predicted octanol–water partition coefficient (Wildman–Crippen LogP) is 3.08. The van der Waals surface area contributed by atoms with E-state index in [1.54, 1.807) is 4.90 Å². The summed E-state index contributed by atoms with van der Waals surface area (Å²) < 4.78 is 6.44. The normalized spacial score (nSPS) is 16.6. The summed E-state index contributed by atoms with van der Waals surface area (Å²) in [5.74, 6) is 0. The van der Waals surface area contributed by atoms with Crippen LogP contribution in [0.3, 0.4) is 0 Å². The second kappa shape index (κ2) is 6.87. The molecule has 5 nitrogen and oxygen atoms in total. The maximum absolute atomic E-state index is 12.0. The minimum absolute atomic E-state index is 0.221. The van der Waals surface area contributed by atoms with Crippen LogP contribution in [0.15, 0.2) is 22.7 Å². The first kappa shape index (κ1) is 17.1. The number of nitrogens with zero attached hydrogens (tertiary/aromatic N) is 2. The van der Waals surface area contributed by atoms with Crippen LogP contribution in [0.4, 0.5) is 10.5 Å². The number of benzene rings is 1. The maximum Gasteiger partial charge on any atom is 0.410 e. The molecule has 0 aliphatic carbocycles. The first-order valence-electron chi connectivity index (χ1n) is 7.49. The van der Waals surface area contributed by atoms with Crippen molar-refractivity contribution in [3.8, 4) is 0 Å². The average Bonchev–Trinajstić information content (AvgIpc) is 2.41. The van der Waals surface area contributed by atoms with Gasteiger partial charge in [-0.2, -0.15) is 0 Å². The van der Waals surface area contributed by atoms with Gasteiger partial charge >= 0.3 is 6.09 Å². The van der Waals surface area contributed by atoms with Gasteiger partial charge in [0.15, 0.2) is 0 Å². The number of ether oxygens (including phenoxy) is 1. The molecule has 1 amide bonds. The summed E-state index contributed by atoms with van der Waals surface area (Å²) in [4.78, 5) is 16.1. The van der Waals surface area contributed by atoms with E-state index in [4.69, 9.17) is 10.5 Å². The Morgan fingerprint density at radius 3 is 2.45 bits per heavy atom. The quantitative estimate of drug-likeness (QED) is 0.813. The fourth-order valence-corrected chi connectivity index (χ4v) is 2.87. The van der Waals surface area contributed by atoms with Crippen molar-refractivity contribution >= 4 is 27.7 Å². The van der Waals surface area contributed by atoms with Gasteiger partial charge in [0, 0.05) is 42.9 Å². The van der Waals surface area contributed by atoms with Crippen molar-refractivity contribution in [3.63, 3.8) is 0 Å². The summed E-state index contributed by atoms with van der Waals surface area (Å²) in [5, 5.41) is 0. The summed E-state index contributed by atoms with van der Waals surface area (Å²) >= 11 is 3.55. The molecule has 122 valence electrons. The molecule has 0 aromatic heterocycles. The summed E-state index contributed by atoms with van der Waals surface area (Å²) in [7, 11) is 0. The second-order valence-electron chi connectivity index (χ2n) is 6.59. The summed E-state index contributed by atoms with van der Waals surface area (Å²) in [6.07, 6.45) is -0.221. The van der Waals surface area contributed by atoms with Crippen molar-refractivity contribution in [2.24, 2.45) is 0 Å². The molecule has 0 bridgehead atoms. The number of anilines is 1. The molecular weight excluding hydrogens is 346 g/mol. The Morgan fingerprint density at radius 1 is 1.27 bits per heavy atom. The van der Waals surface area contributed by atoms with E-state index in [9.17, 15) is 4.79 Å². The van der Waals surface area contributed by atoms with Crippen LogP contribution in [0.1, 0.15) is 26.3 Å². The molecule has 1 aliphatic heterocycles. The van der Waals surface area contributed by atoms with E-state index in [1.165, 1.54) is 5.56 Å². The van der Waals surface area contributed by atoms with Gasteiger partial charge in [0.25, 0.3) is 0 Å². The van der Waals surface area contributed by atoms with Crippen molar-refractivity contribution in [1.29, 1.82) is 0 Å². The molecule has 0 atom stereocenters.